The largest absolute Gasteiger partial charge is 0.494 e. The van der Waals surface area contributed by atoms with Crippen LogP contribution in [0.4, 0.5) is 0 Å². The molecule has 1 aromatic rings. The van der Waals surface area contributed by atoms with Crippen LogP contribution in [0.25, 0.3) is 0 Å². The number of benzene rings is 1. The summed E-state index contributed by atoms with van der Waals surface area (Å²) in [4.78, 5) is 11.1. The minimum atomic E-state index is 0.0789. The van der Waals surface area contributed by atoms with Crippen LogP contribution < -0.4 is 4.74 Å². The second-order valence-electron chi connectivity index (χ2n) is 2.95. The fourth-order valence-corrected chi connectivity index (χ4v) is 1.64. The monoisotopic (exact) mass is 256 g/mol. The Morgan fingerprint density at radius 1 is 1.50 bits per heavy atom. The molecule has 0 unspecified atom stereocenters. The van der Waals surface area contributed by atoms with E-state index in [1.165, 1.54) is 0 Å². The summed E-state index contributed by atoms with van der Waals surface area (Å²) in [5.41, 5.74) is 1.74. The molecule has 3 heteroatoms. The quantitative estimate of drug-likeness (QED) is 0.611. The summed E-state index contributed by atoms with van der Waals surface area (Å²) in [5.74, 6) is 0.921. The van der Waals surface area contributed by atoms with Gasteiger partial charge in [-0.3, -0.25) is 4.79 Å². The summed E-state index contributed by atoms with van der Waals surface area (Å²) in [7, 11) is 0. The van der Waals surface area contributed by atoms with E-state index in [1.807, 2.05) is 19.1 Å². The van der Waals surface area contributed by atoms with Gasteiger partial charge in [0.25, 0.3) is 0 Å². The van der Waals surface area contributed by atoms with Crippen molar-refractivity contribution in [2.45, 2.75) is 19.2 Å². The smallest absolute Gasteiger partial charge is 0.159 e. The SMILES string of the molecule is CCOc1ccc(C(C)=O)cc1CBr. The summed E-state index contributed by atoms with van der Waals surface area (Å²) in [5, 5.41) is 0.698. The minimum absolute atomic E-state index is 0.0789. The molecule has 0 aromatic heterocycles. The van der Waals surface area contributed by atoms with Crippen LogP contribution in [0, 0.1) is 0 Å². The molecule has 76 valence electrons. The number of halogens is 1. The maximum absolute atomic E-state index is 11.1. The zero-order chi connectivity index (χ0) is 10.6. The predicted octanol–water partition coefficient (Wildman–Crippen LogP) is 3.18. The van der Waals surface area contributed by atoms with E-state index < -0.39 is 0 Å². The van der Waals surface area contributed by atoms with Gasteiger partial charge in [-0.05, 0) is 32.0 Å². The molecule has 0 aliphatic carbocycles. The highest BCUT2D eigenvalue weighted by molar-refractivity contribution is 9.08. The van der Waals surface area contributed by atoms with E-state index in [1.54, 1.807) is 13.0 Å². The summed E-state index contributed by atoms with van der Waals surface area (Å²) in [6.07, 6.45) is 0. The molecule has 1 aromatic carbocycles. The van der Waals surface area contributed by atoms with Crippen molar-refractivity contribution in [2.75, 3.05) is 6.61 Å². The molecule has 2 nitrogen and oxygen atoms in total. The van der Waals surface area contributed by atoms with Crippen LogP contribution in [-0.4, -0.2) is 12.4 Å². The number of carbonyl (C=O) groups is 1. The van der Waals surface area contributed by atoms with Crippen LogP contribution in [0.3, 0.4) is 0 Å². The first-order valence-electron chi connectivity index (χ1n) is 4.51. The van der Waals surface area contributed by atoms with E-state index >= 15 is 0 Å². The first-order chi connectivity index (χ1) is 6.69. The Morgan fingerprint density at radius 2 is 2.21 bits per heavy atom. The predicted molar refractivity (Wildman–Crippen MR) is 60.2 cm³/mol. The highest BCUT2D eigenvalue weighted by atomic mass is 79.9. The first-order valence-corrected chi connectivity index (χ1v) is 5.63. The normalized spacial score (nSPS) is 9.93. The number of ether oxygens (including phenoxy) is 1. The number of alkyl halides is 1. The van der Waals surface area contributed by atoms with Crippen LogP contribution in [0.5, 0.6) is 5.75 Å². The number of Topliss-reactive ketones (excluding diaryl/α,β-unsaturated/α-hetero) is 1. The highest BCUT2D eigenvalue weighted by Crippen LogP contribution is 2.22. The number of hydrogen-bond donors (Lipinski definition) is 0. The Morgan fingerprint density at radius 3 is 2.71 bits per heavy atom. The molecule has 0 aliphatic heterocycles. The lowest BCUT2D eigenvalue weighted by Crippen LogP contribution is -1.98. The van der Waals surface area contributed by atoms with Crippen molar-refractivity contribution in [3.63, 3.8) is 0 Å². The molecule has 0 aliphatic rings. The van der Waals surface area contributed by atoms with Crippen molar-refractivity contribution in [2.24, 2.45) is 0 Å². The zero-order valence-electron chi connectivity index (χ0n) is 8.34. The maximum Gasteiger partial charge on any atom is 0.159 e. The van der Waals surface area contributed by atoms with E-state index in [4.69, 9.17) is 4.74 Å². The summed E-state index contributed by atoms with van der Waals surface area (Å²) < 4.78 is 5.42. The summed E-state index contributed by atoms with van der Waals surface area (Å²) in [6, 6.07) is 5.50. The van der Waals surface area contributed by atoms with Crippen LogP contribution in [0.15, 0.2) is 18.2 Å². The molecule has 0 atom stereocenters. The van der Waals surface area contributed by atoms with E-state index in [0.29, 0.717) is 11.9 Å². The van der Waals surface area contributed by atoms with Gasteiger partial charge in [-0.15, -0.1) is 0 Å². The molecule has 14 heavy (non-hydrogen) atoms. The van der Waals surface area contributed by atoms with Crippen molar-refractivity contribution >= 4 is 21.7 Å². The molecule has 0 heterocycles. The standard InChI is InChI=1S/C11H13BrO2/c1-3-14-11-5-4-9(8(2)13)6-10(11)7-12/h4-6H,3,7H2,1-2H3. The lowest BCUT2D eigenvalue weighted by Gasteiger charge is -2.08. The van der Waals surface area contributed by atoms with E-state index in [9.17, 15) is 4.79 Å². The van der Waals surface area contributed by atoms with Gasteiger partial charge >= 0.3 is 0 Å². The average molecular weight is 257 g/mol. The maximum atomic E-state index is 11.1. The van der Waals surface area contributed by atoms with E-state index in [0.717, 1.165) is 16.9 Å². The molecule has 1 rings (SSSR count). The zero-order valence-corrected chi connectivity index (χ0v) is 9.93. The van der Waals surface area contributed by atoms with Crippen LogP contribution in [0.2, 0.25) is 0 Å². The number of hydrogen-bond acceptors (Lipinski definition) is 2. The van der Waals surface area contributed by atoms with Gasteiger partial charge in [0.15, 0.2) is 5.78 Å². The molecule has 0 saturated carbocycles. The minimum Gasteiger partial charge on any atom is -0.494 e. The van der Waals surface area contributed by atoms with Gasteiger partial charge in [0, 0.05) is 16.5 Å². The summed E-state index contributed by atoms with van der Waals surface area (Å²) in [6.45, 7) is 4.14. The topological polar surface area (TPSA) is 26.3 Å². The second kappa shape index (κ2) is 5.15. The highest BCUT2D eigenvalue weighted by Gasteiger charge is 2.06. The van der Waals surface area contributed by atoms with Gasteiger partial charge in [-0.1, -0.05) is 15.9 Å². The number of carbonyl (C=O) groups excluding carboxylic acids is 1. The van der Waals surface area contributed by atoms with E-state index in [-0.39, 0.29) is 5.78 Å². The molecular weight excluding hydrogens is 244 g/mol. The molecule has 0 bridgehead atoms. The molecule has 0 spiro atoms. The van der Waals surface area contributed by atoms with Crippen molar-refractivity contribution in [1.82, 2.24) is 0 Å². The average Bonchev–Trinajstić information content (AvgIpc) is 2.18. The fraction of sp³-hybridized carbons (Fsp3) is 0.364. The number of ketones is 1. The Kier molecular flexibility index (Phi) is 4.14. The van der Waals surface area contributed by atoms with Crippen molar-refractivity contribution in [3.8, 4) is 5.75 Å². The van der Waals surface area contributed by atoms with Gasteiger partial charge in [-0.25, -0.2) is 0 Å². The Hall–Kier alpha value is -0.830. The fourth-order valence-electron chi connectivity index (χ4n) is 1.20. The molecule has 0 radical (unpaired) electrons. The van der Waals surface area contributed by atoms with Gasteiger partial charge < -0.3 is 4.74 Å². The van der Waals surface area contributed by atoms with Gasteiger partial charge in [0.1, 0.15) is 5.75 Å². The molecular formula is C11H13BrO2. The second-order valence-corrected chi connectivity index (χ2v) is 3.51. The van der Waals surface area contributed by atoms with Crippen molar-refractivity contribution in [1.29, 1.82) is 0 Å². The van der Waals surface area contributed by atoms with Crippen molar-refractivity contribution < 1.29 is 9.53 Å². The Labute approximate surface area is 92.4 Å². The van der Waals surface area contributed by atoms with Crippen LogP contribution >= 0.6 is 15.9 Å². The Bertz CT molecular complexity index is 334. The van der Waals surface area contributed by atoms with E-state index in [2.05, 4.69) is 15.9 Å². The summed E-state index contributed by atoms with van der Waals surface area (Å²) >= 11 is 3.37. The lowest BCUT2D eigenvalue weighted by molar-refractivity contribution is 0.101. The third-order valence-electron chi connectivity index (χ3n) is 1.91. The van der Waals surface area contributed by atoms with Crippen LogP contribution in [-0.2, 0) is 5.33 Å². The third kappa shape index (κ3) is 2.58. The third-order valence-corrected chi connectivity index (χ3v) is 2.51. The molecule has 0 amide bonds. The van der Waals surface area contributed by atoms with Gasteiger partial charge in [0.05, 0.1) is 6.61 Å². The van der Waals surface area contributed by atoms with Crippen LogP contribution in [0.1, 0.15) is 29.8 Å². The first kappa shape index (κ1) is 11.2. The number of rotatable bonds is 4. The van der Waals surface area contributed by atoms with Gasteiger partial charge in [-0.2, -0.15) is 0 Å². The van der Waals surface area contributed by atoms with Crippen molar-refractivity contribution in [3.05, 3.63) is 29.3 Å². The molecule has 0 saturated heterocycles. The lowest BCUT2D eigenvalue weighted by atomic mass is 10.1. The molecule has 0 fully saturated rings. The molecule has 0 N–H and O–H groups in total. The Balaban J connectivity index is 3.04. The van der Waals surface area contributed by atoms with Gasteiger partial charge in [0.2, 0.25) is 0 Å².